The van der Waals surface area contributed by atoms with Gasteiger partial charge in [-0.1, -0.05) is 12.1 Å². The quantitative estimate of drug-likeness (QED) is 0.643. The summed E-state index contributed by atoms with van der Waals surface area (Å²) in [5.41, 5.74) is 0.341. The first-order valence-electron chi connectivity index (χ1n) is 9.39. The summed E-state index contributed by atoms with van der Waals surface area (Å²) in [5.74, 6) is -0.570. The fourth-order valence-corrected chi connectivity index (χ4v) is 3.62. The molecule has 1 heterocycles. The maximum Gasteiger partial charge on any atom is 0.260 e. The molecule has 1 aliphatic rings. The van der Waals surface area contributed by atoms with Gasteiger partial charge in [0.15, 0.2) is 18.2 Å². The highest BCUT2D eigenvalue weighted by atomic mass is 32.2. The molecule has 2 aromatic rings. The number of benzene rings is 2. The van der Waals surface area contributed by atoms with Gasteiger partial charge in [-0.2, -0.15) is 0 Å². The molecule has 30 heavy (non-hydrogen) atoms. The van der Waals surface area contributed by atoms with Crippen LogP contribution in [-0.4, -0.2) is 64.5 Å². The smallest absolute Gasteiger partial charge is 0.260 e. The number of ether oxygens (including phenoxy) is 3. The topological polar surface area (TPSA) is 94.2 Å². The number of halogens is 1. The molecule has 3 rings (SSSR count). The molecule has 0 atom stereocenters. The van der Waals surface area contributed by atoms with Gasteiger partial charge in [0.2, 0.25) is 10.0 Å². The van der Waals surface area contributed by atoms with E-state index in [-0.39, 0.29) is 30.6 Å². The minimum absolute atomic E-state index is 0.000767. The van der Waals surface area contributed by atoms with Gasteiger partial charge in [0.1, 0.15) is 18.1 Å². The molecule has 1 fully saturated rings. The highest BCUT2D eigenvalue weighted by molar-refractivity contribution is 7.92. The first-order chi connectivity index (χ1) is 14.4. The number of para-hydroxylation sites is 1. The first kappa shape index (κ1) is 21.8. The van der Waals surface area contributed by atoms with Crippen molar-refractivity contribution in [1.29, 1.82) is 0 Å². The van der Waals surface area contributed by atoms with Crippen LogP contribution in [0.1, 0.15) is 0 Å². The van der Waals surface area contributed by atoms with Gasteiger partial charge in [-0.3, -0.25) is 9.52 Å². The lowest BCUT2D eigenvalue weighted by molar-refractivity contribution is -0.137. The van der Waals surface area contributed by atoms with Crippen LogP contribution in [0.3, 0.4) is 0 Å². The molecule has 2 aromatic carbocycles. The number of carbonyl (C=O) groups excluding carboxylic acids is 1. The number of rotatable bonds is 9. The number of amides is 1. The van der Waals surface area contributed by atoms with Crippen molar-refractivity contribution in [1.82, 2.24) is 4.90 Å². The fraction of sp³-hybridized carbons (Fsp3) is 0.350. The Balaban J connectivity index is 1.44. The van der Waals surface area contributed by atoms with Crippen molar-refractivity contribution >= 4 is 21.6 Å². The van der Waals surface area contributed by atoms with Crippen LogP contribution in [0.2, 0.25) is 0 Å². The highest BCUT2D eigenvalue weighted by Gasteiger charge is 2.17. The summed E-state index contributed by atoms with van der Waals surface area (Å²) < 4.78 is 56.1. The van der Waals surface area contributed by atoms with Crippen molar-refractivity contribution in [3.63, 3.8) is 0 Å². The Bertz CT molecular complexity index is 946. The van der Waals surface area contributed by atoms with E-state index < -0.39 is 15.8 Å². The lowest BCUT2D eigenvalue weighted by Gasteiger charge is -2.26. The van der Waals surface area contributed by atoms with Crippen molar-refractivity contribution in [3.05, 3.63) is 54.3 Å². The maximum absolute atomic E-state index is 13.5. The maximum atomic E-state index is 13.5. The zero-order chi connectivity index (χ0) is 21.4. The molecule has 162 valence electrons. The van der Waals surface area contributed by atoms with Crippen LogP contribution in [0.5, 0.6) is 11.5 Å². The molecule has 10 heteroatoms. The van der Waals surface area contributed by atoms with E-state index in [0.717, 1.165) is 0 Å². The Labute approximate surface area is 174 Å². The molecule has 0 radical (unpaired) electrons. The molecule has 1 aliphatic heterocycles. The Morgan fingerprint density at radius 1 is 1.07 bits per heavy atom. The van der Waals surface area contributed by atoms with Crippen LogP contribution in [0.4, 0.5) is 10.1 Å². The number of nitrogens with zero attached hydrogens (tertiary/aromatic N) is 1. The third-order valence-electron chi connectivity index (χ3n) is 4.30. The van der Waals surface area contributed by atoms with Gasteiger partial charge in [0, 0.05) is 18.8 Å². The zero-order valence-electron chi connectivity index (χ0n) is 16.3. The minimum Gasteiger partial charge on any atom is -0.489 e. The van der Waals surface area contributed by atoms with E-state index in [4.69, 9.17) is 14.2 Å². The molecule has 0 bridgehead atoms. The van der Waals surface area contributed by atoms with Crippen LogP contribution in [0.15, 0.2) is 48.5 Å². The number of carbonyl (C=O) groups is 1. The Hall–Kier alpha value is -2.85. The standard InChI is InChI=1S/C20H23FN2O6S/c21-18-3-1-2-4-19(18)28-13-14-30(25,26)22-16-5-7-17(8-6-16)29-15-20(24)23-9-11-27-12-10-23/h1-8,22H,9-15H2. The van der Waals surface area contributed by atoms with Gasteiger partial charge in [0.25, 0.3) is 5.91 Å². The minimum atomic E-state index is -3.68. The summed E-state index contributed by atoms with van der Waals surface area (Å²) in [7, 11) is -3.68. The van der Waals surface area contributed by atoms with Gasteiger partial charge >= 0.3 is 0 Å². The van der Waals surface area contributed by atoms with Crippen molar-refractivity contribution in [2.24, 2.45) is 0 Å². The number of hydrogen-bond donors (Lipinski definition) is 1. The number of sulfonamides is 1. The molecule has 0 aromatic heterocycles. The SMILES string of the molecule is O=C(COc1ccc(NS(=O)(=O)CCOc2ccccc2F)cc1)N1CCOCC1. The summed E-state index contributed by atoms with van der Waals surface area (Å²) in [6.07, 6.45) is 0. The molecule has 8 nitrogen and oxygen atoms in total. The highest BCUT2D eigenvalue weighted by Crippen LogP contribution is 2.18. The second-order valence-electron chi connectivity index (χ2n) is 6.51. The average Bonchev–Trinajstić information content (AvgIpc) is 2.75. The molecular weight excluding hydrogens is 415 g/mol. The first-order valence-corrected chi connectivity index (χ1v) is 11.0. The van der Waals surface area contributed by atoms with Gasteiger partial charge in [-0.15, -0.1) is 0 Å². The van der Waals surface area contributed by atoms with Crippen molar-refractivity contribution in [3.8, 4) is 11.5 Å². The van der Waals surface area contributed by atoms with Crippen LogP contribution in [0, 0.1) is 5.82 Å². The summed E-state index contributed by atoms with van der Waals surface area (Å²) >= 11 is 0. The van der Waals surface area contributed by atoms with Gasteiger partial charge in [-0.25, -0.2) is 12.8 Å². The van der Waals surface area contributed by atoms with E-state index in [2.05, 4.69) is 4.72 Å². The lowest BCUT2D eigenvalue weighted by atomic mass is 10.3. The fourth-order valence-electron chi connectivity index (χ4n) is 2.72. The van der Waals surface area contributed by atoms with Gasteiger partial charge in [-0.05, 0) is 36.4 Å². The Kier molecular flexibility index (Phi) is 7.47. The third kappa shape index (κ3) is 6.60. The van der Waals surface area contributed by atoms with E-state index in [0.29, 0.717) is 37.7 Å². The predicted molar refractivity (Wildman–Crippen MR) is 109 cm³/mol. The third-order valence-corrected chi connectivity index (χ3v) is 5.55. The van der Waals surface area contributed by atoms with Crippen molar-refractivity contribution < 1.29 is 31.8 Å². The van der Waals surface area contributed by atoms with Crippen LogP contribution in [-0.2, 0) is 19.6 Å². The monoisotopic (exact) mass is 438 g/mol. The average molecular weight is 438 g/mol. The van der Waals surface area contributed by atoms with E-state index in [9.17, 15) is 17.6 Å². The Morgan fingerprint density at radius 2 is 1.77 bits per heavy atom. The summed E-state index contributed by atoms with van der Waals surface area (Å²) in [4.78, 5) is 13.7. The number of nitrogens with one attached hydrogen (secondary N) is 1. The Morgan fingerprint density at radius 3 is 2.47 bits per heavy atom. The van der Waals surface area contributed by atoms with Crippen molar-refractivity contribution in [2.45, 2.75) is 0 Å². The molecular formula is C20H23FN2O6S. The molecule has 1 saturated heterocycles. The second-order valence-corrected chi connectivity index (χ2v) is 8.35. The van der Waals surface area contributed by atoms with E-state index in [1.807, 2.05) is 0 Å². The number of morpholine rings is 1. The largest absolute Gasteiger partial charge is 0.489 e. The zero-order valence-corrected chi connectivity index (χ0v) is 17.1. The van der Waals surface area contributed by atoms with Gasteiger partial charge < -0.3 is 19.1 Å². The molecule has 0 saturated carbocycles. The molecule has 0 unspecified atom stereocenters. The van der Waals surface area contributed by atoms with Crippen molar-refractivity contribution in [2.75, 3.05) is 50.0 Å². The summed E-state index contributed by atoms with van der Waals surface area (Å²) in [5, 5.41) is 0. The number of hydrogen-bond acceptors (Lipinski definition) is 6. The predicted octanol–water partition coefficient (Wildman–Crippen LogP) is 1.88. The van der Waals surface area contributed by atoms with E-state index in [1.165, 1.54) is 30.3 Å². The normalized spacial score (nSPS) is 14.2. The number of anilines is 1. The molecule has 0 aliphatic carbocycles. The van der Waals surface area contributed by atoms with Crippen LogP contribution in [0.25, 0.3) is 0 Å². The van der Waals surface area contributed by atoms with Crippen LogP contribution < -0.4 is 14.2 Å². The van der Waals surface area contributed by atoms with Gasteiger partial charge in [0.05, 0.1) is 13.2 Å². The molecule has 1 N–H and O–H groups in total. The second kappa shape index (κ2) is 10.3. The van der Waals surface area contributed by atoms with Crippen LogP contribution >= 0.6 is 0 Å². The van der Waals surface area contributed by atoms with E-state index >= 15 is 0 Å². The summed E-state index contributed by atoms with van der Waals surface area (Å²) in [6, 6.07) is 12.0. The molecule has 0 spiro atoms. The lowest BCUT2D eigenvalue weighted by Crippen LogP contribution is -2.42. The van der Waals surface area contributed by atoms with E-state index in [1.54, 1.807) is 23.1 Å². The molecule has 1 amide bonds. The summed E-state index contributed by atoms with van der Waals surface area (Å²) in [6.45, 7) is 1.84.